The molecule has 1 atom stereocenters. The highest BCUT2D eigenvalue weighted by atomic mass is 35.5. The molecule has 0 saturated heterocycles. The summed E-state index contributed by atoms with van der Waals surface area (Å²) < 4.78 is 16.0. The molecular formula is C17H17Cl2NO4. The van der Waals surface area contributed by atoms with Crippen LogP contribution in [0.25, 0.3) is 0 Å². The molecule has 1 aromatic heterocycles. The number of aromatic nitrogens is 1. The van der Waals surface area contributed by atoms with Crippen molar-refractivity contribution < 1.29 is 19.0 Å². The fourth-order valence-electron chi connectivity index (χ4n) is 2.30. The number of benzene rings is 1. The highest BCUT2D eigenvalue weighted by Crippen LogP contribution is 2.35. The van der Waals surface area contributed by atoms with Crippen molar-refractivity contribution in [2.24, 2.45) is 0 Å². The summed E-state index contributed by atoms with van der Waals surface area (Å²) >= 11 is 12.3. The van der Waals surface area contributed by atoms with E-state index in [0.29, 0.717) is 33.5 Å². The van der Waals surface area contributed by atoms with Crippen LogP contribution in [-0.2, 0) is 16.0 Å². The Balaban J connectivity index is 2.40. The van der Waals surface area contributed by atoms with Gasteiger partial charge in [-0.05, 0) is 23.3 Å². The van der Waals surface area contributed by atoms with Gasteiger partial charge in [-0.2, -0.15) is 0 Å². The van der Waals surface area contributed by atoms with E-state index in [2.05, 4.69) is 4.98 Å². The minimum Gasteiger partial charge on any atom is -0.493 e. The first-order chi connectivity index (χ1) is 11.5. The lowest BCUT2D eigenvalue weighted by molar-refractivity contribution is -0.146. The summed E-state index contributed by atoms with van der Waals surface area (Å²) in [6, 6.07) is 5.31. The van der Waals surface area contributed by atoms with Crippen LogP contribution >= 0.6 is 23.2 Å². The van der Waals surface area contributed by atoms with Crippen LogP contribution in [0.15, 0.2) is 30.6 Å². The summed E-state index contributed by atoms with van der Waals surface area (Å²) in [4.78, 5) is 15.4. The van der Waals surface area contributed by atoms with Crippen LogP contribution in [0.1, 0.15) is 24.2 Å². The SMILES string of the molecule is COc1ccc(C(Cc2c(Cl)cncc2Cl)OC(C)=O)cc1OC. The average molecular weight is 370 g/mol. The zero-order valence-electron chi connectivity index (χ0n) is 13.5. The molecule has 7 heteroatoms. The lowest BCUT2D eigenvalue weighted by Gasteiger charge is -2.20. The number of pyridine rings is 1. The van der Waals surface area contributed by atoms with Crippen molar-refractivity contribution in [3.05, 3.63) is 51.8 Å². The second-order valence-corrected chi connectivity index (χ2v) is 5.81. The third-order valence-electron chi connectivity index (χ3n) is 3.43. The van der Waals surface area contributed by atoms with Crippen molar-refractivity contribution >= 4 is 29.2 Å². The lowest BCUT2D eigenvalue weighted by Crippen LogP contribution is -2.12. The molecule has 0 spiro atoms. The first-order valence-electron chi connectivity index (χ1n) is 7.13. The number of ether oxygens (including phenoxy) is 3. The Kier molecular flexibility index (Phi) is 6.29. The van der Waals surface area contributed by atoms with Gasteiger partial charge in [-0.1, -0.05) is 29.3 Å². The van der Waals surface area contributed by atoms with Gasteiger partial charge in [0, 0.05) is 25.7 Å². The Morgan fingerprint density at radius 2 is 1.75 bits per heavy atom. The Labute approximate surface area is 150 Å². The predicted molar refractivity (Wildman–Crippen MR) is 92.0 cm³/mol. The maximum absolute atomic E-state index is 11.5. The van der Waals surface area contributed by atoms with Crippen LogP contribution in [0.2, 0.25) is 10.0 Å². The summed E-state index contributed by atoms with van der Waals surface area (Å²) in [6.45, 7) is 1.35. The van der Waals surface area contributed by atoms with E-state index in [1.54, 1.807) is 32.4 Å². The maximum atomic E-state index is 11.5. The van der Waals surface area contributed by atoms with E-state index >= 15 is 0 Å². The molecule has 0 aliphatic heterocycles. The predicted octanol–water partition coefficient (Wildman–Crippen LogP) is 4.25. The standard InChI is InChI=1S/C17H17Cl2NO4/c1-10(21)24-16(7-12-13(18)8-20-9-14(12)19)11-4-5-15(22-2)17(6-11)23-3/h4-6,8-9,16H,7H2,1-3H3. The Hall–Kier alpha value is -1.98. The largest absolute Gasteiger partial charge is 0.493 e. The third-order valence-corrected chi connectivity index (χ3v) is 4.08. The molecule has 24 heavy (non-hydrogen) atoms. The van der Waals surface area contributed by atoms with E-state index in [9.17, 15) is 4.79 Å². The highest BCUT2D eigenvalue weighted by Gasteiger charge is 2.21. The molecule has 2 aromatic rings. The highest BCUT2D eigenvalue weighted by molar-refractivity contribution is 6.35. The summed E-state index contributed by atoms with van der Waals surface area (Å²) in [7, 11) is 3.09. The first kappa shape index (κ1) is 18.4. The summed E-state index contributed by atoms with van der Waals surface area (Å²) in [5.74, 6) is 0.720. The van der Waals surface area contributed by atoms with Gasteiger partial charge in [0.1, 0.15) is 6.10 Å². The molecule has 0 saturated carbocycles. The second kappa shape index (κ2) is 8.22. The molecular weight excluding hydrogens is 353 g/mol. The van der Waals surface area contributed by atoms with Crippen molar-refractivity contribution in [1.29, 1.82) is 0 Å². The zero-order valence-corrected chi connectivity index (χ0v) is 15.0. The minimum absolute atomic E-state index is 0.315. The molecule has 0 N–H and O–H groups in total. The molecule has 5 nitrogen and oxygen atoms in total. The molecule has 128 valence electrons. The lowest BCUT2D eigenvalue weighted by atomic mass is 10.0. The number of carbonyl (C=O) groups excluding carboxylic acids is 1. The van der Waals surface area contributed by atoms with Crippen molar-refractivity contribution in [2.45, 2.75) is 19.4 Å². The van der Waals surface area contributed by atoms with Crippen LogP contribution in [0.3, 0.4) is 0 Å². The smallest absolute Gasteiger partial charge is 0.303 e. The fourth-order valence-corrected chi connectivity index (χ4v) is 2.82. The summed E-state index contributed by atoms with van der Waals surface area (Å²) in [5, 5.41) is 0.834. The molecule has 0 aliphatic carbocycles. The van der Waals surface area contributed by atoms with E-state index in [4.69, 9.17) is 37.4 Å². The fraction of sp³-hybridized carbons (Fsp3) is 0.294. The number of nitrogens with zero attached hydrogens (tertiary/aromatic N) is 1. The molecule has 1 aromatic carbocycles. The number of rotatable bonds is 6. The number of esters is 1. The van der Waals surface area contributed by atoms with Crippen molar-refractivity contribution in [3.63, 3.8) is 0 Å². The second-order valence-electron chi connectivity index (χ2n) is 5.00. The number of methoxy groups -OCH3 is 2. The van der Waals surface area contributed by atoms with Gasteiger partial charge < -0.3 is 14.2 Å². The van der Waals surface area contributed by atoms with Crippen LogP contribution in [0, 0.1) is 0 Å². The van der Waals surface area contributed by atoms with Gasteiger partial charge >= 0.3 is 5.97 Å². The third kappa shape index (κ3) is 4.30. The van der Waals surface area contributed by atoms with Gasteiger partial charge in [0.2, 0.25) is 0 Å². The number of hydrogen-bond acceptors (Lipinski definition) is 5. The van der Waals surface area contributed by atoms with E-state index in [-0.39, 0.29) is 0 Å². The average Bonchev–Trinajstić information content (AvgIpc) is 2.56. The van der Waals surface area contributed by atoms with Crippen LogP contribution < -0.4 is 9.47 Å². The van der Waals surface area contributed by atoms with E-state index in [1.165, 1.54) is 19.3 Å². The number of halogens is 2. The normalized spacial score (nSPS) is 11.7. The van der Waals surface area contributed by atoms with Gasteiger partial charge in [-0.15, -0.1) is 0 Å². The molecule has 0 amide bonds. The van der Waals surface area contributed by atoms with Crippen LogP contribution in [0.5, 0.6) is 11.5 Å². The first-order valence-corrected chi connectivity index (χ1v) is 7.88. The molecule has 2 rings (SSSR count). The molecule has 0 bridgehead atoms. The van der Waals surface area contributed by atoms with Crippen LogP contribution in [-0.4, -0.2) is 25.2 Å². The van der Waals surface area contributed by atoms with Gasteiger partial charge in [-0.3, -0.25) is 9.78 Å². The molecule has 0 radical (unpaired) electrons. The molecule has 0 aliphatic rings. The topological polar surface area (TPSA) is 57.7 Å². The van der Waals surface area contributed by atoms with Gasteiger partial charge in [0.05, 0.1) is 24.3 Å². The maximum Gasteiger partial charge on any atom is 0.303 e. The van der Waals surface area contributed by atoms with Crippen molar-refractivity contribution in [1.82, 2.24) is 4.98 Å². The van der Waals surface area contributed by atoms with Crippen molar-refractivity contribution in [2.75, 3.05) is 14.2 Å². The Morgan fingerprint density at radius 1 is 1.12 bits per heavy atom. The number of carbonyl (C=O) groups is 1. The summed E-state index contributed by atoms with van der Waals surface area (Å²) in [5.41, 5.74) is 1.40. The Bertz CT molecular complexity index is 716. The quantitative estimate of drug-likeness (QED) is 0.712. The van der Waals surface area contributed by atoms with Gasteiger partial charge in [0.25, 0.3) is 0 Å². The zero-order chi connectivity index (χ0) is 17.7. The van der Waals surface area contributed by atoms with E-state index in [1.807, 2.05) is 0 Å². The van der Waals surface area contributed by atoms with E-state index in [0.717, 1.165) is 5.56 Å². The molecule has 1 unspecified atom stereocenters. The van der Waals surface area contributed by atoms with Crippen molar-refractivity contribution in [3.8, 4) is 11.5 Å². The Morgan fingerprint density at radius 3 is 2.29 bits per heavy atom. The van der Waals surface area contributed by atoms with E-state index < -0.39 is 12.1 Å². The van der Waals surface area contributed by atoms with Crippen LogP contribution in [0.4, 0.5) is 0 Å². The van der Waals surface area contributed by atoms with Gasteiger partial charge in [0.15, 0.2) is 11.5 Å². The minimum atomic E-state index is -0.570. The monoisotopic (exact) mass is 369 g/mol. The molecule has 1 heterocycles. The molecule has 0 fully saturated rings. The van der Waals surface area contributed by atoms with Gasteiger partial charge in [-0.25, -0.2) is 0 Å². The summed E-state index contributed by atoms with van der Waals surface area (Å²) in [6.07, 6.45) is 2.75. The number of hydrogen-bond donors (Lipinski definition) is 0.